The lowest BCUT2D eigenvalue weighted by atomic mass is 9.77. The largest absolute Gasteiger partial charge is 0.329 e. The summed E-state index contributed by atoms with van der Waals surface area (Å²) in [5.74, 6) is 2.52. The number of hydrogen-bond acceptors (Lipinski definition) is 2. The molecule has 1 aromatic heterocycles. The second-order valence-corrected chi connectivity index (χ2v) is 7.01. The van der Waals surface area contributed by atoms with Crippen LogP contribution in [0.1, 0.15) is 40.0 Å². The van der Waals surface area contributed by atoms with Crippen LogP contribution in [0.25, 0.3) is 0 Å². The number of aromatic nitrogens is 2. The average molecular weight is 252 g/mol. The van der Waals surface area contributed by atoms with Gasteiger partial charge < -0.3 is 4.57 Å². The number of aryl methyl sites for hydroxylation is 1. The van der Waals surface area contributed by atoms with Gasteiger partial charge in [0.05, 0.1) is 0 Å². The lowest BCUT2D eigenvalue weighted by molar-refractivity contribution is 0.244. The molecule has 0 spiro atoms. The predicted molar refractivity (Wildman–Crippen MR) is 74.2 cm³/mol. The standard InChI is InChI=1S/C14H24N2S/c1-10(2)12-6-5-11(3)9-13(12)17-14-15-7-8-16(14)4/h7-8,10-13H,5-6,9H2,1-4H3. The van der Waals surface area contributed by atoms with Gasteiger partial charge in [-0.1, -0.05) is 39.0 Å². The van der Waals surface area contributed by atoms with E-state index in [9.17, 15) is 0 Å². The van der Waals surface area contributed by atoms with E-state index in [4.69, 9.17) is 0 Å². The molecular formula is C14H24N2S. The Labute approximate surface area is 109 Å². The Morgan fingerprint density at radius 2 is 2.18 bits per heavy atom. The molecule has 1 heterocycles. The molecule has 2 nitrogen and oxygen atoms in total. The number of thioether (sulfide) groups is 1. The van der Waals surface area contributed by atoms with Crippen LogP contribution in [0.15, 0.2) is 17.6 Å². The van der Waals surface area contributed by atoms with Gasteiger partial charge in [0.2, 0.25) is 0 Å². The third-order valence-corrected chi connectivity index (χ3v) is 5.44. The van der Waals surface area contributed by atoms with E-state index in [0.717, 1.165) is 23.0 Å². The molecule has 1 aliphatic rings. The number of nitrogens with zero attached hydrogens (tertiary/aromatic N) is 2. The molecule has 0 bridgehead atoms. The van der Waals surface area contributed by atoms with Gasteiger partial charge in [-0.25, -0.2) is 4.98 Å². The van der Waals surface area contributed by atoms with Crippen molar-refractivity contribution in [2.24, 2.45) is 24.8 Å². The molecule has 0 radical (unpaired) electrons. The summed E-state index contributed by atoms with van der Waals surface area (Å²) in [5, 5.41) is 1.93. The van der Waals surface area contributed by atoms with Gasteiger partial charge in [0.25, 0.3) is 0 Å². The van der Waals surface area contributed by atoms with Crippen molar-refractivity contribution in [3.63, 3.8) is 0 Å². The first kappa shape index (κ1) is 13.0. The minimum absolute atomic E-state index is 0.750. The Morgan fingerprint density at radius 1 is 1.41 bits per heavy atom. The first-order valence-electron chi connectivity index (χ1n) is 6.72. The van der Waals surface area contributed by atoms with Crippen LogP contribution >= 0.6 is 11.8 Å². The van der Waals surface area contributed by atoms with Crippen LogP contribution in [0.3, 0.4) is 0 Å². The first-order valence-corrected chi connectivity index (χ1v) is 7.60. The van der Waals surface area contributed by atoms with Crippen molar-refractivity contribution in [1.82, 2.24) is 9.55 Å². The van der Waals surface area contributed by atoms with Gasteiger partial charge in [0.15, 0.2) is 5.16 Å². The fraction of sp³-hybridized carbons (Fsp3) is 0.786. The molecule has 0 amide bonds. The van der Waals surface area contributed by atoms with Crippen molar-refractivity contribution in [3.8, 4) is 0 Å². The van der Waals surface area contributed by atoms with E-state index < -0.39 is 0 Å². The summed E-state index contributed by atoms with van der Waals surface area (Å²) in [6, 6.07) is 0. The van der Waals surface area contributed by atoms with Gasteiger partial charge in [-0.2, -0.15) is 0 Å². The highest BCUT2D eigenvalue weighted by molar-refractivity contribution is 7.99. The summed E-state index contributed by atoms with van der Waals surface area (Å²) >= 11 is 1.99. The fourth-order valence-electron chi connectivity index (χ4n) is 2.85. The van der Waals surface area contributed by atoms with E-state index in [1.807, 2.05) is 24.2 Å². The summed E-state index contributed by atoms with van der Waals surface area (Å²) in [6.45, 7) is 7.13. The van der Waals surface area contributed by atoms with E-state index in [2.05, 4.69) is 37.4 Å². The van der Waals surface area contributed by atoms with Crippen LogP contribution < -0.4 is 0 Å². The molecule has 2 rings (SSSR count). The maximum Gasteiger partial charge on any atom is 0.167 e. The molecule has 96 valence electrons. The van der Waals surface area contributed by atoms with Crippen LogP contribution in [-0.4, -0.2) is 14.8 Å². The van der Waals surface area contributed by atoms with Gasteiger partial charge in [0, 0.05) is 24.7 Å². The summed E-state index contributed by atoms with van der Waals surface area (Å²) in [4.78, 5) is 4.45. The third kappa shape index (κ3) is 3.06. The van der Waals surface area contributed by atoms with Gasteiger partial charge in [-0.05, 0) is 30.6 Å². The van der Waals surface area contributed by atoms with E-state index in [-0.39, 0.29) is 0 Å². The third-order valence-electron chi connectivity index (χ3n) is 4.00. The molecule has 1 aromatic rings. The second-order valence-electron chi connectivity index (χ2n) is 5.80. The Bertz CT molecular complexity index is 359. The summed E-state index contributed by atoms with van der Waals surface area (Å²) < 4.78 is 2.14. The number of imidazole rings is 1. The molecule has 0 saturated heterocycles. The lowest BCUT2D eigenvalue weighted by Gasteiger charge is -2.36. The fourth-order valence-corrected chi connectivity index (χ4v) is 4.52. The van der Waals surface area contributed by atoms with Gasteiger partial charge in [0.1, 0.15) is 0 Å². The molecule has 1 fully saturated rings. The zero-order valence-corrected chi connectivity index (χ0v) is 12.2. The van der Waals surface area contributed by atoms with Gasteiger partial charge in [-0.15, -0.1) is 0 Å². The Morgan fingerprint density at radius 3 is 2.76 bits per heavy atom. The second kappa shape index (κ2) is 5.47. The van der Waals surface area contributed by atoms with Crippen molar-refractivity contribution >= 4 is 11.8 Å². The molecule has 3 unspecified atom stereocenters. The van der Waals surface area contributed by atoms with Crippen molar-refractivity contribution in [3.05, 3.63) is 12.4 Å². The molecule has 1 aliphatic carbocycles. The van der Waals surface area contributed by atoms with E-state index in [1.165, 1.54) is 24.4 Å². The Balaban J connectivity index is 2.07. The van der Waals surface area contributed by atoms with Gasteiger partial charge in [-0.3, -0.25) is 0 Å². The molecule has 0 N–H and O–H groups in total. The van der Waals surface area contributed by atoms with Crippen molar-refractivity contribution in [2.45, 2.75) is 50.4 Å². The van der Waals surface area contributed by atoms with Crippen LogP contribution in [-0.2, 0) is 7.05 Å². The molecule has 0 aliphatic heterocycles. The van der Waals surface area contributed by atoms with E-state index in [1.54, 1.807) is 0 Å². The molecule has 1 saturated carbocycles. The highest BCUT2D eigenvalue weighted by atomic mass is 32.2. The minimum atomic E-state index is 0.750. The van der Waals surface area contributed by atoms with E-state index in [0.29, 0.717) is 0 Å². The maximum absolute atomic E-state index is 4.45. The summed E-state index contributed by atoms with van der Waals surface area (Å²) in [6.07, 6.45) is 8.08. The molecular weight excluding hydrogens is 228 g/mol. The zero-order valence-electron chi connectivity index (χ0n) is 11.4. The molecule has 3 heteroatoms. The average Bonchev–Trinajstić information content (AvgIpc) is 2.64. The number of hydrogen-bond donors (Lipinski definition) is 0. The number of rotatable bonds is 3. The normalized spacial score (nSPS) is 29.8. The Hall–Kier alpha value is -0.440. The molecule has 3 atom stereocenters. The minimum Gasteiger partial charge on any atom is -0.329 e. The van der Waals surface area contributed by atoms with Crippen LogP contribution in [0.4, 0.5) is 0 Å². The monoisotopic (exact) mass is 252 g/mol. The van der Waals surface area contributed by atoms with Crippen LogP contribution in [0.2, 0.25) is 0 Å². The highest BCUT2D eigenvalue weighted by Crippen LogP contribution is 2.42. The first-order chi connectivity index (χ1) is 8.08. The Kier molecular flexibility index (Phi) is 4.18. The van der Waals surface area contributed by atoms with Crippen molar-refractivity contribution in [2.75, 3.05) is 0 Å². The SMILES string of the molecule is CC1CCC(C(C)C)C(Sc2nccn2C)C1. The summed E-state index contributed by atoms with van der Waals surface area (Å²) in [5.41, 5.74) is 0. The van der Waals surface area contributed by atoms with Crippen LogP contribution in [0, 0.1) is 17.8 Å². The zero-order chi connectivity index (χ0) is 12.4. The summed E-state index contributed by atoms with van der Waals surface area (Å²) in [7, 11) is 2.09. The smallest absolute Gasteiger partial charge is 0.167 e. The molecule has 0 aromatic carbocycles. The van der Waals surface area contributed by atoms with Gasteiger partial charge >= 0.3 is 0 Å². The van der Waals surface area contributed by atoms with Crippen molar-refractivity contribution in [1.29, 1.82) is 0 Å². The van der Waals surface area contributed by atoms with Crippen molar-refractivity contribution < 1.29 is 0 Å². The molecule has 17 heavy (non-hydrogen) atoms. The van der Waals surface area contributed by atoms with E-state index >= 15 is 0 Å². The quantitative estimate of drug-likeness (QED) is 0.810. The lowest BCUT2D eigenvalue weighted by Crippen LogP contribution is -2.30. The van der Waals surface area contributed by atoms with Crippen LogP contribution in [0.5, 0.6) is 0 Å². The maximum atomic E-state index is 4.45. The highest BCUT2D eigenvalue weighted by Gasteiger charge is 2.32. The topological polar surface area (TPSA) is 17.8 Å². The predicted octanol–water partition coefficient (Wildman–Crippen LogP) is 3.97.